The van der Waals surface area contributed by atoms with Gasteiger partial charge in [-0.2, -0.15) is 0 Å². The van der Waals surface area contributed by atoms with E-state index in [9.17, 15) is 0 Å². The maximum atomic E-state index is 5.71. The van der Waals surface area contributed by atoms with Gasteiger partial charge < -0.3 is 19.3 Å². The lowest BCUT2D eigenvalue weighted by Crippen LogP contribution is -2.46. The van der Waals surface area contributed by atoms with Crippen LogP contribution in [0.1, 0.15) is 162 Å². The Balaban J connectivity index is 0.000000342. The van der Waals surface area contributed by atoms with Crippen LogP contribution in [-0.2, 0) is 9.47 Å². The zero-order chi connectivity index (χ0) is 38.9. The Kier molecular flexibility index (Phi) is 22.0. The van der Waals surface area contributed by atoms with E-state index in [4.69, 9.17) is 9.47 Å². The van der Waals surface area contributed by atoms with Crippen molar-refractivity contribution in [3.05, 3.63) is 0 Å². The molecule has 4 aliphatic heterocycles. The van der Waals surface area contributed by atoms with Crippen molar-refractivity contribution in [1.82, 2.24) is 19.6 Å². The van der Waals surface area contributed by atoms with Gasteiger partial charge in [-0.05, 0) is 145 Å². The van der Waals surface area contributed by atoms with E-state index < -0.39 is 0 Å². The van der Waals surface area contributed by atoms with Crippen molar-refractivity contribution in [2.45, 2.75) is 174 Å². The van der Waals surface area contributed by atoms with Crippen LogP contribution in [0, 0.1) is 27.1 Å². The number of rotatable bonds is 8. The molecule has 0 aliphatic carbocycles. The van der Waals surface area contributed by atoms with Crippen LogP contribution in [0.5, 0.6) is 0 Å². The molecule has 0 bridgehead atoms. The number of piperidine rings is 1. The molecule has 0 amide bonds. The molecule has 4 heterocycles. The van der Waals surface area contributed by atoms with Gasteiger partial charge in [0.1, 0.15) is 0 Å². The maximum Gasteiger partial charge on any atom is 0.0678 e. The second kappa shape index (κ2) is 23.0. The van der Waals surface area contributed by atoms with Crippen molar-refractivity contribution in [3.63, 3.8) is 0 Å². The Bertz CT molecular complexity index is 847. The van der Waals surface area contributed by atoms with Crippen LogP contribution in [0.2, 0.25) is 0 Å². The minimum absolute atomic E-state index is 0.402. The topological polar surface area (TPSA) is 31.4 Å². The fourth-order valence-electron chi connectivity index (χ4n) is 6.65. The zero-order valence-corrected chi connectivity index (χ0v) is 37.8. The van der Waals surface area contributed by atoms with Gasteiger partial charge in [-0.1, -0.05) is 96.9 Å². The molecule has 4 fully saturated rings. The highest BCUT2D eigenvalue weighted by molar-refractivity contribution is 4.79. The molecular formula is C45H94N4O2. The Morgan fingerprint density at radius 2 is 0.784 bits per heavy atom. The van der Waals surface area contributed by atoms with Crippen molar-refractivity contribution < 1.29 is 9.47 Å². The van der Waals surface area contributed by atoms with Crippen molar-refractivity contribution in [2.24, 2.45) is 27.1 Å². The third-order valence-corrected chi connectivity index (χ3v) is 10.7. The van der Waals surface area contributed by atoms with Gasteiger partial charge in [0.05, 0.1) is 25.4 Å². The Morgan fingerprint density at radius 1 is 0.471 bits per heavy atom. The van der Waals surface area contributed by atoms with Gasteiger partial charge >= 0.3 is 0 Å². The number of morpholine rings is 2. The molecule has 6 heteroatoms. The predicted molar refractivity (Wildman–Crippen MR) is 225 cm³/mol. The van der Waals surface area contributed by atoms with Crippen LogP contribution < -0.4 is 0 Å². The van der Waals surface area contributed by atoms with Gasteiger partial charge in [-0.3, -0.25) is 9.80 Å². The molecule has 4 aliphatic rings. The number of ether oxygens (including phenoxy) is 2. The fraction of sp³-hybridized carbons (Fsp3) is 1.00. The van der Waals surface area contributed by atoms with Crippen LogP contribution >= 0.6 is 0 Å². The lowest BCUT2D eigenvalue weighted by molar-refractivity contribution is -0.0697. The summed E-state index contributed by atoms with van der Waals surface area (Å²) < 4.78 is 11.0. The third kappa shape index (κ3) is 28.8. The molecule has 2 atom stereocenters. The molecule has 0 aromatic heterocycles. The van der Waals surface area contributed by atoms with Gasteiger partial charge in [-0.25, -0.2) is 0 Å². The average molecular weight is 723 g/mol. The summed E-state index contributed by atoms with van der Waals surface area (Å²) in [6.45, 7) is 53.5. The van der Waals surface area contributed by atoms with E-state index >= 15 is 0 Å². The van der Waals surface area contributed by atoms with Crippen LogP contribution in [-0.4, -0.2) is 124 Å². The first-order valence-corrected chi connectivity index (χ1v) is 21.4. The Hall–Kier alpha value is -0.240. The summed E-state index contributed by atoms with van der Waals surface area (Å²) in [4.78, 5) is 10.3. The van der Waals surface area contributed by atoms with E-state index in [1.54, 1.807) is 0 Å². The van der Waals surface area contributed by atoms with Gasteiger partial charge in [0.15, 0.2) is 0 Å². The quantitative estimate of drug-likeness (QED) is 0.248. The summed E-state index contributed by atoms with van der Waals surface area (Å²) in [6, 6.07) is 0. The lowest BCUT2D eigenvalue weighted by atomic mass is 9.82. The van der Waals surface area contributed by atoms with E-state index in [1.165, 1.54) is 104 Å². The highest BCUT2D eigenvalue weighted by atomic mass is 16.5. The highest BCUT2D eigenvalue weighted by Crippen LogP contribution is 2.30. The summed E-state index contributed by atoms with van der Waals surface area (Å²) >= 11 is 0. The highest BCUT2D eigenvalue weighted by Gasteiger charge is 2.26. The molecular weight excluding hydrogens is 629 g/mol. The molecule has 4 saturated heterocycles. The molecule has 0 spiro atoms. The van der Waals surface area contributed by atoms with Crippen molar-refractivity contribution >= 4 is 0 Å². The summed E-state index contributed by atoms with van der Waals surface area (Å²) in [5.41, 5.74) is 2.52. The summed E-state index contributed by atoms with van der Waals surface area (Å²) in [5.74, 6) is 0. The molecule has 6 nitrogen and oxygen atoms in total. The van der Waals surface area contributed by atoms with Crippen LogP contribution in [0.3, 0.4) is 0 Å². The first kappa shape index (κ1) is 48.8. The van der Waals surface area contributed by atoms with E-state index in [-0.39, 0.29) is 0 Å². The van der Waals surface area contributed by atoms with Crippen molar-refractivity contribution in [2.75, 3.05) is 91.8 Å². The molecule has 4 rings (SSSR count). The minimum atomic E-state index is 0.402. The summed E-state index contributed by atoms with van der Waals surface area (Å²) in [7, 11) is 0. The third-order valence-electron chi connectivity index (χ3n) is 10.7. The summed E-state index contributed by atoms with van der Waals surface area (Å²) in [5, 5.41) is 0. The molecule has 0 aromatic carbocycles. The van der Waals surface area contributed by atoms with Crippen molar-refractivity contribution in [3.8, 4) is 0 Å². The van der Waals surface area contributed by atoms with Crippen LogP contribution in [0.15, 0.2) is 0 Å². The van der Waals surface area contributed by atoms with Crippen LogP contribution in [0.4, 0.5) is 0 Å². The average Bonchev–Trinajstić information content (AvgIpc) is 3.51. The number of likely N-dealkylation sites (tertiary alicyclic amines) is 2. The van der Waals surface area contributed by atoms with E-state index in [0.29, 0.717) is 39.3 Å². The molecule has 2 unspecified atom stereocenters. The maximum absolute atomic E-state index is 5.71. The number of nitrogens with zero attached hydrogens (tertiary/aromatic N) is 4. The second-order valence-corrected chi connectivity index (χ2v) is 22.3. The standard InChI is InChI=1S/C13H27N.C12H25NO.C10H21NO.C10H21N/c1-12(2,3)6-9-14-10-7-13(4,5)8-11-14;1-10-8-13(9-11(2)14-10)7-6-12(3,4)5;1-10(2,3)4-5-11-6-8-12-9-7-11;1-10(2,3)6-9-11-7-4-5-8-11/h6-11H2,1-5H3;10-11H,6-9H2,1-5H3;4-9H2,1-3H3;4-9H2,1-3H3. The van der Waals surface area contributed by atoms with E-state index in [0.717, 1.165) is 39.4 Å². The molecule has 0 saturated carbocycles. The van der Waals surface area contributed by atoms with Gasteiger partial charge in [0, 0.05) is 26.2 Å². The lowest BCUT2D eigenvalue weighted by Gasteiger charge is -2.37. The Labute approximate surface area is 321 Å². The summed E-state index contributed by atoms with van der Waals surface area (Å²) in [6.07, 6.45) is 11.6. The molecule has 0 radical (unpaired) electrons. The molecule has 0 N–H and O–H groups in total. The van der Waals surface area contributed by atoms with Gasteiger partial charge in [-0.15, -0.1) is 0 Å². The zero-order valence-electron chi connectivity index (χ0n) is 37.8. The van der Waals surface area contributed by atoms with Gasteiger partial charge in [0.25, 0.3) is 0 Å². The van der Waals surface area contributed by atoms with Crippen LogP contribution in [0.25, 0.3) is 0 Å². The van der Waals surface area contributed by atoms with E-state index in [1.807, 2.05) is 0 Å². The number of hydrogen-bond acceptors (Lipinski definition) is 6. The monoisotopic (exact) mass is 723 g/mol. The largest absolute Gasteiger partial charge is 0.379 e. The number of hydrogen-bond donors (Lipinski definition) is 0. The predicted octanol–water partition coefficient (Wildman–Crippen LogP) is 10.3. The molecule has 306 valence electrons. The minimum Gasteiger partial charge on any atom is -0.379 e. The SMILES string of the molecule is CC(C)(C)CCN1CCC(C)(C)CC1.CC(C)(C)CCN1CCCC1.CC(C)(C)CCN1CCOCC1.CC1CN(CCC(C)(C)C)CC(C)O1. The van der Waals surface area contributed by atoms with E-state index in [2.05, 4.69) is 130 Å². The second-order valence-electron chi connectivity index (χ2n) is 22.3. The molecule has 0 aromatic rings. The first-order valence-electron chi connectivity index (χ1n) is 21.4. The first-order chi connectivity index (χ1) is 23.3. The normalized spacial score (nSPS) is 24.5. The smallest absolute Gasteiger partial charge is 0.0678 e. The molecule has 51 heavy (non-hydrogen) atoms. The van der Waals surface area contributed by atoms with Gasteiger partial charge in [0.2, 0.25) is 0 Å². The van der Waals surface area contributed by atoms with Crippen molar-refractivity contribution in [1.29, 1.82) is 0 Å². The Morgan fingerprint density at radius 3 is 1.14 bits per heavy atom. The fourth-order valence-corrected chi connectivity index (χ4v) is 6.65.